The van der Waals surface area contributed by atoms with Gasteiger partial charge in [-0.3, -0.25) is 9.69 Å². The highest BCUT2D eigenvalue weighted by molar-refractivity contribution is 7.10. The summed E-state index contributed by atoms with van der Waals surface area (Å²) in [6.07, 6.45) is 6.11. The van der Waals surface area contributed by atoms with Crippen LogP contribution < -0.4 is 5.32 Å². The van der Waals surface area contributed by atoms with Gasteiger partial charge >= 0.3 is 0 Å². The molecule has 1 saturated heterocycles. The molecule has 1 unspecified atom stereocenters. The lowest BCUT2D eigenvalue weighted by Gasteiger charge is -2.27. The molecule has 3 aromatic rings. The molecule has 1 atom stereocenters. The number of aromatic nitrogens is 2. The van der Waals surface area contributed by atoms with E-state index < -0.39 is 0 Å². The molecule has 0 radical (unpaired) electrons. The number of hydrogen-bond donors (Lipinski definition) is 1. The minimum Gasteiger partial charge on any atom is -0.350 e. The summed E-state index contributed by atoms with van der Waals surface area (Å²) < 4.78 is 1.78. The topological polar surface area (TPSA) is 50.2 Å². The van der Waals surface area contributed by atoms with Gasteiger partial charge in [0.05, 0.1) is 11.7 Å². The quantitative estimate of drug-likeness (QED) is 0.726. The van der Waals surface area contributed by atoms with E-state index in [-0.39, 0.29) is 11.9 Å². The van der Waals surface area contributed by atoms with Crippen LogP contribution in [0.2, 0.25) is 0 Å². The first kappa shape index (κ1) is 17.0. The Balaban J connectivity index is 1.42. The van der Waals surface area contributed by atoms with Gasteiger partial charge in [0.25, 0.3) is 5.91 Å². The van der Waals surface area contributed by atoms with Crippen LogP contribution in [0.15, 0.2) is 60.2 Å². The van der Waals surface area contributed by atoms with Crippen LogP contribution in [0.3, 0.4) is 0 Å². The SMILES string of the molecule is O=C(NCC(c1cccs1)N1CCCC1)c1ccc(-n2cccn2)cc1. The fourth-order valence-corrected chi connectivity index (χ4v) is 4.28. The van der Waals surface area contributed by atoms with Crippen molar-refractivity contribution in [3.63, 3.8) is 0 Å². The van der Waals surface area contributed by atoms with Gasteiger partial charge < -0.3 is 5.32 Å². The average molecular weight is 366 g/mol. The Labute approximate surface area is 157 Å². The number of carbonyl (C=O) groups excluding carboxylic acids is 1. The first-order valence-corrected chi connectivity index (χ1v) is 9.85. The minimum atomic E-state index is -0.0298. The summed E-state index contributed by atoms with van der Waals surface area (Å²) in [5.74, 6) is -0.0298. The molecule has 0 spiro atoms. The monoisotopic (exact) mass is 366 g/mol. The van der Waals surface area contributed by atoms with Crippen LogP contribution in [0.1, 0.15) is 34.1 Å². The third kappa shape index (κ3) is 3.71. The van der Waals surface area contributed by atoms with Gasteiger partial charge in [0, 0.05) is 29.4 Å². The van der Waals surface area contributed by atoms with Crippen molar-refractivity contribution < 1.29 is 4.79 Å². The molecular weight excluding hydrogens is 344 g/mol. The Morgan fingerprint density at radius 2 is 1.96 bits per heavy atom. The molecule has 6 heteroatoms. The van der Waals surface area contributed by atoms with Crippen molar-refractivity contribution in [1.82, 2.24) is 20.0 Å². The first-order chi connectivity index (χ1) is 12.8. The maximum Gasteiger partial charge on any atom is 0.251 e. The summed E-state index contributed by atoms with van der Waals surface area (Å²) in [5.41, 5.74) is 1.62. The number of rotatable bonds is 6. The van der Waals surface area contributed by atoms with E-state index in [9.17, 15) is 4.79 Å². The summed E-state index contributed by atoms with van der Waals surface area (Å²) in [6, 6.07) is 13.9. The average Bonchev–Trinajstić information content (AvgIpc) is 3.45. The Morgan fingerprint density at radius 1 is 1.15 bits per heavy atom. The van der Waals surface area contributed by atoms with E-state index in [4.69, 9.17) is 0 Å². The van der Waals surface area contributed by atoms with Crippen molar-refractivity contribution in [1.29, 1.82) is 0 Å². The summed E-state index contributed by atoms with van der Waals surface area (Å²) in [6.45, 7) is 2.86. The number of likely N-dealkylation sites (tertiary alicyclic amines) is 1. The van der Waals surface area contributed by atoms with Crippen LogP contribution in [-0.2, 0) is 0 Å². The third-order valence-electron chi connectivity index (χ3n) is 4.81. The number of thiophene rings is 1. The predicted molar refractivity (Wildman–Crippen MR) is 104 cm³/mol. The Bertz CT molecular complexity index is 821. The van der Waals surface area contributed by atoms with Crippen molar-refractivity contribution in [2.24, 2.45) is 0 Å². The highest BCUT2D eigenvalue weighted by atomic mass is 32.1. The van der Waals surface area contributed by atoms with Gasteiger partial charge in [-0.1, -0.05) is 6.07 Å². The summed E-state index contributed by atoms with van der Waals surface area (Å²) in [4.78, 5) is 16.4. The molecule has 1 amide bonds. The van der Waals surface area contributed by atoms with Crippen molar-refractivity contribution in [3.05, 3.63) is 70.7 Å². The molecule has 1 fully saturated rings. The molecule has 1 N–H and O–H groups in total. The lowest BCUT2D eigenvalue weighted by Crippen LogP contribution is -2.36. The van der Waals surface area contributed by atoms with Crippen molar-refractivity contribution >= 4 is 17.2 Å². The van der Waals surface area contributed by atoms with Crippen LogP contribution >= 0.6 is 11.3 Å². The fourth-order valence-electron chi connectivity index (χ4n) is 3.42. The second kappa shape index (κ2) is 7.85. The zero-order chi connectivity index (χ0) is 17.8. The molecule has 3 heterocycles. The van der Waals surface area contributed by atoms with Gasteiger partial charge in [0.15, 0.2) is 0 Å². The summed E-state index contributed by atoms with van der Waals surface area (Å²) >= 11 is 1.76. The summed E-state index contributed by atoms with van der Waals surface area (Å²) in [5, 5.41) is 9.43. The molecule has 1 aromatic carbocycles. The highest BCUT2D eigenvalue weighted by Gasteiger charge is 2.24. The number of nitrogens with one attached hydrogen (secondary N) is 1. The largest absolute Gasteiger partial charge is 0.350 e. The first-order valence-electron chi connectivity index (χ1n) is 8.97. The zero-order valence-corrected chi connectivity index (χ0v) is 15.4. The Morgan fingerprint density at radius 3 is 2.62 bits per heavy atom. The smallest absolute Gasteiger partial charge is 0.251 e. The molecule has 134 valence electrons. The van der Waals surface area contributed by atoms with E-state index in [2.05, 4.69) is 32.8 Å². The van der Waals surface area contributed by atoms with E-state index in [0.717, 1.165) is 18.8 Å². The molecule has 26 heavy (non-hydrogen) atoms. The molecule has 0 saturated carbocycles. The van der Waals surface area contributed by atoms with Crippen LogP contribution in [0.5, 0.6) is 0 Å². The van der Waals surface area contributed by atoms with Gasteiger partial charge in [-0.15, -0.1) is 11.3 Å². The van der Waals surface area contributed by atoms with Gasteiger partial charge in [-0.25, -0.2) is 4.68 Å². The van der Waals surface area contributed by atoms with Crippen LogP contribution in [0, 0.1) is 0 Å². The van der Waals surface area contributed by atoms with Gasteiger partial charge in [-0.2, -0.15) is 5.10 Å². The normalized spacial score (nSPS) is 15.8. The number of hydrogen-bond acceptors (Lipinski definition) is 4. The second-order valence-corrected chi connectivity index (χ2v) is 7.46. The van der Waals surface area contributed by atoms with Gasteiger partial charge in [-0.05, 0) is 67.7 Å². The van der Waals surface area contributed by atoms with Crippen molar-refractivity contribution in [2.45, 2.75) is 18.9 Å². The standard InChI is InChI=1S/C20H22N4OS/c25-20(16-6-8-17(9-7-16)24-13-4-10-22-24)21-15-18(19-5-3-14-26-19)23-11-1-2-12-23/h3-10,13-14,18H,1-2,11-12,15H2,(H,21,25). The summed E-state index contributed by atoms with van der Waals surface area (Å²) in [7, 11) is 0. The lowest BCUT2D eigenvalue weighted by molar-refractivity contribution is 0.0938. The van der Waals surface area contributed by atoms with Crippen molar-refractivity contribution in [2.75, 3.05) is 19.6 Å². The number of nitrogens with zero attached hydrogens (tertiary/aromatic N) is 3. The fraction of sp³-hybridized carbons (Fsp3) is 0.300. The Kier molecular flexibility index (Phi) is 5.13. The molecule has 2 aromatic heterocycles. The molecule has 1 aliphatic heterocycles. The van der Waals surface area contributed by atoms with E-state index in [1.165, 1.54) is 17.7 Å². The minimum absolute atomic E-state index is 0.0298. The second-order valence-electron chi connectivity index (χ2n) is 6.48. The molecule has 0 bridgehead atoms. The molecular formula is C20H22N4OS. The van der Waals surface area contributed by atoms with E-state index in [1.807, 2.05) is 36.5 Å². The van der Waals surface area contributed by atoms with E-state index in [1.54, 1.807) is 22.2 Å². The van der Waals surface area contributed by atoms with E-state index >= 15 is 0 Å². The lowest BCUT2D eigenvalue weighted by atomic mass is 10.1. The molecule has 5 nitrogen and oxygen atoms in total. The van der Waals surface area contributed by atoms with E-state index in [0.29, 0.717) is 12.1 Å². The number of benzene rings is 1. The van der Waals surface area contributed by atoms with Crippen molar-refractivity contribution in [3.8, 4) is 5.69 Å². The number of carbonyl (C=O) groups is 1. The van der Waals surface area contributed by atoms with Crippen LogP contribution in [-0.4, -0.2) is 40.2 Å². The van der Waals surface area contributed by atoms with Crippen LogP contribution in [0.25, 0.3) is 5.69 Å². The van der Waals surface area contributed by atoms with Gasteiger partial charge in [0.1, 0.15) is 0 Å². The predicted octanol–water partition coefficient (Wildman–Crippen LogP) is 3.50. The third-order valence-corrected chi connectivity index (χ3v) is 5.78. The van der Waals surface area contributed by atoms with Crippen LogP contribution in [0.4, 0.5) is 0 Å². The number of amides is 1. The molecule has 4 rings (SSSR count). The van der Waals surface area contributed by atoms with Gasteiger partial charge in [0.2, 0.25) is 0 Å². The maximum absolute atomic E-state index is 12.6. The molecule has 1 aliphatic rings. The Hall–Kier alpha value is -2.44. The zero-order valence-electron chi connectivity index (χ0n) is 14.5. The highest BCUT2D eigenvalue weighted by Crippen LogP contribution is 2.27. The molecule has 0 aliphatic carbocycles. The maximum atomic E-state index is 12.6.